The minimum absolute atomic E-state index is 0.124. The van der Waals surface area contributed by atoms with Gasteiger partial charge in [-0.15, -0.1) is 0 Å². The molecule has 0 aromatic heterocycles. The standard InChI is InChI=1S/C30H28O2/c31-30(27-13-5-2-6-14-27)23-26-17-21-29(22-18-26)32-28-19-15-25(16-20-28)12-8-7-11-24-9-3-1-4-10-24/h1-6,9-10,13-22H,7-8,11-12,23H2. The van der Waals surface area contributed by atoms with Crippen LogP contribution >= 0.6 is 0 Å². The van der Waals surface area contributed by atoms with E-state index in [1.54, 1.807) is 0 Å². The quantitative estimate of drug-likeness (QED) is 0.196. The van der Waals surface area contributed by atoms with Crippen molar-refractivity contribution in [2.45, 2.75) is 32.1 Å². The summed E-state index contributed by atoms with van der Waals surface area (Å²) in [6, 6.07) is 36.2. The van der Waals surface area contributed by atoms with Crippen LogP contribution < -0.4 is 4.74 Å². The minimum Gasteiger partial charge on any atom is -0.457 e. The van der Waals surface area contributed by atoms with Gasteiger partial charge in [-0.3, -0.25) is 4.79 Å². The molecule has 2 nitrogen and oxygen atoms in total. The fraction of sp³-hybridized carbons (Fsp3) is 0.167. The fourth-order valence-electron chi connectivity index (χ4n) is 3.75. The number of unbranched alkanes of at least 4 members (excludes halogenated alkanes) is 1. The van der Waals surface area contributed by atoms with Crippen molar-refractivity contribution in [1.29, 1.82) is 0 Å². The summed E-state index contributed by atoms with van der Waals surface area (Å²) >= 11 is 0. The molecule has 0 saturated heterocycles. The van der Waals surface area contributed by atoms with E-state index in [0.717, 1.165) is 35.5 Å². The van der Waals surface area contributed by atoms with Crippen LogP contribution in [0.2, 0.25) is 0 Å². The molecule has 0 saturated carbocycles. The van der Waals surface area contributed by atoms with E-state index in [-0.39, 0.29) is 5.78 Å². The van der Waals surface area contributed by atoms with E-state index in [1.807, 2.05) is 66.7 Å². The lowest BCUT2D eigenvalue weighted by molar-refractivity contribution is 0.0993. The number of rotatable bonds is 10. The molecule has 4 aromatic carbocycles. The number of ether oxygens (including phenoxy) is 1. The summed E-state index contributed by atoms with van der Waals surface area (Å²) in [5.74, 6) is 1.72. The van der Waals surface area contributed by atoms with Crippen molar-refractivity contribution < 1.29 is 9.53 Å². The minimum atomic E-state index is 0.124. The zero-order valence-corrected chi connectivity index (χ0v) is 18.2. The number of carbonyl (C=O) groups excluding carboxylic acids is 1. The number of aryl methyl sites for hydroxylation is 2. The third-order valence-corrected chi connectivity index (χ3v) is 5.57. The molecule has 0 aliphatic rings. The summed E-state index contributed by atoms with van der Waals surface area (Å²) in [6.45, 7) is 0. The second kappa shape index (κ2) is 11.1. The van der Waals surface area contributed by atoms with Gasteiger partial charge < -0.3 is 4.74 Å². The summed E-state index contributed by atoms with van der Waals surface area (Å²) in [7, 11) is 0. The molecule has 4 rings (SSSR count). The predicted molar refractivity (Wildman–Crippen MR) is 131 cm³/mol. The third-order valence-electron chi connectivity index (χ3n) is 5.57. The number of hydrogen-bond donors (Lipinski definition) is 0. The van der Waals surface area contributed by atoms with Crippen LogP contribution in [0.5, 0.6) is 11.5 Å². The zero-order chi connectivity index (χ0) is 22.0. The van der Waals surface area contributed by atoms with Gasteiger partial charge >= 0.3 is 0 Å². The molecule has 0 heterocycles. The van der Waals surface area contributed by atoms with Crippen LogP contribution in [0.25, 0.3) is 0 Å². The van der Waals surface area contributed by atoms with Crippen LogP contribution in [0.4, 0.5) is 0 Å². The molecule has 0 N–H and O–H groups in total. The van der Waals surface area contributed by atoms with Gasteiger partial charge in [-0.05, 0) is 66.6 Å². The Morgan fingerprint density at radius 3 is 1.56 bits per heavy atom. The Kier molecular flexibility index (Phi) is 7.49. The molecule has 0 unspecified atom stereocenters. The van der Waals surface area contributed by atoms with Crippen molar-refractivity contribution in [1.82, 2.24) is 0 Å². The van der Waals surface area contributed by atoms with Crippen molar-refractivity contribution in [3.05, 3.63) is 131 Å². The number of hydrogen-bond acceptors (Lipinski definition) is 2. The molecule has 32 heavy (non-hydrogen) atoms. The summed E-state index contributed by atoms with van der Waals surface area (Å²) in [5, 5.41) is 0. The van der Waals surface area contributed by atoms with Gasteiger partial charge in [-0.25, -0.2) is 0 Å². The lowest BCUT2D eigenvalue weighted by Crippen LogP contribution is -2.02. The lowest BCUT2D eigenvalue weighted by atomic mass is 10.0. The van der Waals surface area contributed by atoms with Crippen molar-refractivity contribution in [2.75, 3.05) is 0 Å². The smallest absolute Gasteiger partial charge is 0.167 e. The Bertz CT molecular complexity index is 1100. The monoisotopic (exact) mass is 420 g/mol. The summed E-state index contributed by atoms with van der Waals surface area (Å²) < 4.78 is 5.98. The molecule has 0 aliphatic heterocycles. The highest BCUT2D eigenvalue weighted by Crippen LogP contribution is 2.23. The van der Waals surface area contributed by atoms with Crippen LogP contribution in [-0.4, -0.2) is 5.78 Å². The summed E-state index contributed by atoms with van der Waals surface area (Å²) in [6.07, 6.45) is 4.98. The molecule has 0 aliphatic carbocycles. The van der Waals surface area contributed by atoms with Crippen molar-refractivity contribution in [2.24, 2.45) is 0 Å². The molecule has 0 radical (unpaired) electrons. The van der Waals surface area contributed by atoms with Gasteiger partial charge in [0, 0.05) is 12.0 Å². The average molecular weight is 421 g/mol. The summed E-state index contributed by atoms with van der Waals surface area (Å²) in [4.78, 5) is 12.4. The van der Waals surface area contributed by atoms with E-state index in [2.05, 4.69) is 42.5 Å². The number of carbonyl (C=O) groups is 1. The first-order valence-electron chi connectivity index (χ1n) is 11.2. The second-order valence-electron chi connectivity index (χ2n) is 8.05. The van der Waals surface area contributed by atoms with Gasteiger partial charge in [0.2, 0.25) is 0 Å². The zero-order valence-electron chi connectivity index (χ0n) is 18.2. The van der Waals surface area contributed by atoms with Crippen LogP contribution in [0.3, 0.4) is 0 Å². The highest BCUT2D eigenvalue weighted by Gasteiger charge is 2.07. The van der Waals surface area contributed by atoms with Crippen LogP contribution in [0, 0.1) is 0 Å². The third kappa shape index (κ3) is 6.42. The topological polar surface area (TPSA) is 26.3 Å². The Morgan fingerprint density at radius 1 is 0.531 bits per heavy atom. The molecule has 0 atom stereocenters. The van der Waals surface area contributed by atoms with Gasteiger partial charge in [0.25, 0.3) is 0 Å². The highest BCUT2D eigenvalue weighted by atomic mass is 16.5. The first-order chi connectivity index (χ1) is 15.8. The second-order valence-corrected chi connectivity index (χ2v) is 8.05. The van der Waals surface area contributed by atoms with Crippen LogP contribution in [0.1, 0.15) is 39.9 Å². The van der Waals surface area contributed by atoms with Crippen molar-refractivity contribution >= 4 is 5.78 Å². The molecule has 160 valence electrons. The lowest BCUT2D eigenvalue weighted by Gasteiger charge is -2.08. The fourth-order valence-corrected chi connectivity index (χ4v) is 3.75. The van der Waals surface area contributed by atoms with Gasteiger partial charge in [0.05, 0.1) is 0 Å². The van der Waals surface area contributed by atoms with Crippen molar-refractivity contribution in [3.63, 3.8) is 0 Å². The Morgan fingerprint density at radius 2 is 1.00 bits per heavy atom. The maximum atomic E-state index is 12.4. The van der Waals surface area contributed by atoms with E-state index in [1.165, 1.54) is 24.0 Å². The maximum Gasteiger partial charge on any atom is 0.167 e. The SMILES string of the molecule is O=C(Cc1ccc(Oc2ccc(CCCCc3ccccc3)cc2)cc1)c1ccccc1. The number of Topliss-reactive ketones (excluding diaryl/α,β-unsaturated/α-hetero) is 1. The maximum absolute atomic E-state index is 12.4. The first kappa shape index (κ1) is 21.6. The molecular formula is C30H28O2. The Balaban J connectivity index is 1.24. The molecule has 0 spiro atoms. The Hall–Kier alpha value is -3.65. The Labute approximate surface area is 190 Å². The molecule has 0 bridgehead atoms. The van der Waals surface area contributed by atoms with E-state index >= 15 is 0 Å². The summed E-state index contributed by atoms with van der Waals surface area (Å²) in [5.41, 5.74) is 4.47. The molecule has 0 amide bonds. The van der Waals surface area contributed by atoms with E-state index in [4.69, 9.17) is 4.74 Å². The normalized spacial score (nSPS) is 10.6. The number of benzene rings is 4. The van der Waals surface area contributed by atoms with Gasteiger partial charge in [-0.1, -0.05) is 84.9 Å². The van der Waals surface area contributed by atoms with Gasteiger partial charge in [0.15, 0.2) is 5.78 Å². The highest BCUT2D eigenvalue weighted by molar-refractivity contribution is 5.97. The average Bonchev–Trinajstić information content (AvgIpc) is 2.85. The van der Waals surface area contributed by atoms with Gasteiger partial charge in [-0.2, -0.15) is 0 Å². The molecular weight excluding hydrogens is 392 g/mol. The molecule has 4 aromatic rings. The molecule has 0 fully saturated rings. The largest absolute Gasteiger partial charge is 0.457 e. The van der Waals surface area contributed by atoms with E-state index in [9.17, 15) is 4.79 Å². The van der Waals surface area contributed by atoms with Gasteiger partial charge in [0.1, 0.15) is 11.5 Å². The first-order valence-corrected chi connectivity index (χ1v) is 11.2. The van der Waals surface area contributed by atoms with Crippen LogP contribution in [-0.2, 0) is 19.3 Å². The van der Waals surface area contributed by atoms with E-state index in [0.29, 0.717) is 6.42 Å². The van der Waals surface area contributed by atoms with Crippen molar-refractivity contribution in [3.8, 4) is 11.5 Å². The molecule has 2 heteroatoms. The van der Waals surface area contributed by atoms with Crippen LogP contribution in [0.15, 0.2) is 109 Å². The van der Waals surface area contributed by atoms with E-state index < -0.39 is 0 Å². The number of ketones is 1. The predicted octanol–water partition coefficient (Wildman–Crippen LogP) is 7.47.